The van der Waals surface area contributed by atoms with Crippen molar-refractivity contribution in [3.8, 4) is 0 Å². The number of anilines is 1. The van der Waals surface area contributed by atoms with Crippen LogP contribution in [0.2, 0.25) is 5.02 Å². The molecule has 1 heterocycles. The Morgan fingerprint density at radius 3 is 2.74 bits per heavy atom. The molecule has 0 fully saturated rings. The topological polar surface area (TPSA) is 33.2 Å². The van der Waals surface area contributed by atoms with E-state index in [9.17, 15) is 9.18 Å². The van der Waals surface area contributed by atoms with Gasteiger partial charge in [-0.1, -0.05) is 29.8 Å². The van der Waals surface area contributed by atoms with Gasteiger partial charge in [-0.3, -0.25) is 9.78 Å². The molecule has 27 heavy (non-hydrogen) atoms. The van der Waals surface area contributed by atoms with Gasteiger partial charge in [-0.25, -0.2) is 4.39 Å². The molecule has 0 spiro atoms. The lowest BCUT2D eigenvalue weighted by atomic mass is 9.94. The fourth-order valence-corrected chi connectivity index (χ4v) is 4.11. The molecule has 2 aromatic carbocycles. The SMILES string of the molecule is CCN(C(=O)c1ccc2c(Cl)c3c(nc2c1)CCCC3)c1ccccc1F. The van der Waals surface area contributed by atoms with Gasteiger partial charge in [0, 0.05) is 23.2 Å². The maximum Gasteiger partial charge on any atom is 0.258 e. The number of rotatable bonds is 3. The number of hydrogen-bond acceptors (Lipinski definition) is 2. The number of carbonyl (C=O) groups excluding carboxylic acids is 1. The van der Waals surface area contributed by atoms with Crippen LogP contribution >= 0.6 is 11.6 Å². The molecule has 0 radical (unpaired) electrons. The Kier molecular flexibility index (Phi) is 4.83. The van der Waals surface area contributed by atoms with Gasteiger partial charge < -0.3 is 4.90 Å². The quantitative estimate of drug-likeness (QED) is 0.593. The van der Waals surface area contributed by atoms with E-state index in [4.69, 9.17) is 16.6 Å². The van der Waals surface area contributed by atoms with Crippen molar-refractivity contribution in [2.45, 2.75) is 32.6 Å². The van der Waals surface area contributed by atoms with E-state index in [0.717, 1.165) is 52.9 Å². The van der Waals surface area contributed by atoms with Crippen molar-refractivity contribution in [2.24, 2.45) is 0 Å². The molecule has 0 N–H and O–H groups in total. The number of nitrogens with zero attached hydrogens (tertiary/aromatic N) is 2. The number of amides is 1. The van der Waals surface area contributed by atoms with Crippen molar-refractivity contribution in [1.82, 2.24) is 4.98 Å². The van der Waals surface area contributed by atoms with Crippen LogP contribution in [0.3, 0.4) is 0 Å². The molecule has 3 nitrogen and oxygen atoms in total. The maximum atomic E-state index is 14.2. The Morgan fingerprint density at radius 1 is 1.19 bits per heavy atom. The average Bonchev–Trinajstić information content (AvgIpc) is 2.69. The molecule has 1 aliphatic carbocycles. The molecule has 0 unspecified atom stereocenters. The standard InChI is InChI=1S/C22H20ClFN2O/c1-2-26(20-10-6-4-8-17(20)24)22(27)14-11-12-16-19(13-14)25-18-9-5-3-7-15(18)21(16)23/h4,6,8,10-13H,2-3,5,7,9H2,1H3. The first-order chi connectivity index (χ1) is 13.1. The maximum absolute atomic E-state index is 14.2. The van der Waals surface area contributed by atoms with E-state index >= 15 is 0 Å². The second kappa shape index (κ2) is 7.28. The molecule has 0 saturated carbocycles. The molecule has 1 aromatic heterocycles. The largest absolute Gasteiger partial charge is 0.306 e. The van der Waals surface area contributed by atoms with Crippen LogP contribution in [-0.4, -0.2) is 17.4 Å². The number of halogens is 2. The summed E-state index contributed by atoms with van der Waals surface area (Å²) in [7, 11) is 0. The van der Waals surface area contributed by atoms with E-state index in [2.05, 4.69) is 0 Å². The van der Waals surface area contributed by atoms with Gasteiger partial charge in [-0.15, -0.1) is 0 Å². The van der Waals surface area contributed by atoms with Gasteiger partial charge in [-0.05, 0) is 62.4 Å². The van der Waals surface area contributed by atoms with Crippen LogP contribution in [0.5, 0.6) is 0 Å². The van der Waals surface area contributed by atoms with Crippen molar-refractivity contribution >= 4 is 34.1 Å². The Morgan fingerprint density at radius 2 is 1.96 bits per heavy atom. The highest BCUT2D eigenvalue weighted by molar-refractivity contribution is 6.36. The molecule has 4 rings (SSSR count). The van der Waals surface area contributed by atoms with Crippen LogP contribution in [0, 0.1) is 5.82 Å². The minimum absolute atomic E-state index is 0.250. The zero-order valence-corrected chi connectivity index (χ0v) is 15.9. The highest BCUT2D eigenvalue weighted by Crippen LogP contribution is 2.33. The van der Waals surface area contributed by atoms with Crippen molar-refractivity contribution in [1.29, 1.82) is 0 Å². The summed E-state index contributed by atoms with van der Waals surface area (Å²) < 4.78 is 14.2. The lowest BCUT2D eigenvalue weighted by Crippen LogP contribution is -2.31. The minimum Gasteiger partial charge on any atom is -0.306 e. The van der Waals surface area contributed by atoms with Gasteiger partial charge in [-0.2, -0.15) is 0 Å². The monoisotopic (exact) mass is 382 g/mol. The molecule has 0 aliphatic heterocycles. The molecular weight excluding hydrogens is 363 g/mol. The van der Waals surface area contributed by atoms with Gasteiger partial charge in [0.1, 0.15) is 5.82 Å². The van der Waals surface area contributed by atoms with Gasteiger partial charge in [0.05, 0.1) is 16.2 Å². The second-order valence-electron chi connectivity index (χ2n) is 6.79. The van der Waals surface area contributed by atoms with Crippen molar-refractivity contribution in [2.75, 3.05) is 11.4 Å². The fourth-order valence-electron chi connectivity index (χ4n) is 3.75. The summed E-state index contributed by atoms with van der Waals surface area (Å²) in [5, 5.41) is 1.61. The smallest absolute Gasteiger partial charge is 0.258 e. The summed E-state index contributed by atoms with van der Waals surface area (Å²) in [5.74, 6) is -0.663. The number of hydrogen-bond donors (Lipinski definition) is 0. The average molecular weight is 383 g/mol. The van der Waals surface area contributed by atoms with E-state index in [1.165, 1.54) is 11.0 Å². The lowest BCUT2D eigenvalue weighted by Gasteiger charge is -2.22. The van der Waals surface area contributed by atoms with E-state index in [0.29, 0.717) is 12.1 Å². The first-order valence-electron chi connectivity index (χ1n) is 9.27. The van der Waals surface area contributed by atoms with E-state index in [1.54, 1.807) is 30.3 Å². The first kappa shape index (κ1) is 17.9. The molecule has 5 heteroatoms. The molecule has 0 atom stereocenters. The molecular formula is C22H20ClFN2O. The Balaban J connectivity index is 1.77. The number of benzene rings is 2. The summed E-state index contributed by atoms with van der Waals surface area (Å²) in [6, 6.07) is 11.7. The van der Waals surface area contributed by atoms with E-state index in [1.807, 2.05) is 13.0 Å². The van der Waals surface area contributed by atoms with Gasteiger partial charge >= 0.3 is 0 Å². The highest BCUT2D eigenvalue weighted by atomic mass is 35.5. The number of fused-ring (bicyclic) bond motifs is 2. The van der Waals surface area contributed by atoms with Gasteiger partial charge in [0.25, 0.3) is 5.91 Å². The van der Waals surface area contributed by atoms with E-state index < -0.39 is 5.82 Å². The van der Waals surface area contributed by atoms with Crippen LogP contribution < -0.4 is 4.90 Å². The summed E-state index contributed by atoms with van der Waals surface area (Å²) in [5.41, 5.74) is 3.64. The number of carbonyl (C=O) groups is 1. The van der Waals surface area contributed by atoms with Crippen molar-refractivity contribution in [3.05, 3.63) is 70.1 Å². The molecule has 1 amide bonds. The lowest BCUT2D eigenvalue weighted by molar-refractivity contribution is 0.0987. The number of aromatic nitrogens is 1. The Bertz CT molecular complexity index is 1030. The zero-order valence-electron chi connectivity index (χ0n) is 15.1. The van der Waals surface area contributed by atoms with Crippen LogP contribution in [0.4, 0.5) is 10.1 Å². The highest BCUT2D eigenvalue weighted by Gasteiger charge is 2.21. The summed E-state index contributed by atoms with van der Waals surface area (Å²) >= 11 is 6.61. The first-order valence-corrected chi connectivity index (χ1v) is 9.65. The van der Waals surface area contributed by atoms with Crippen LogP contribution in [0.25, 0.3) is 10.9 Å². The zero-order chi connectivity index (χ0) is 19.0. The third kappa shape index (κ3) is 3.19. The molecule has 1 aliphatic rings. The predicted molar refractivity (Wildman–Crippen MR) is 107 cm³/mol. The molecule has 3 aromatic rings. The predicted octanol–water partition coefficient (Wildman–Crippen LogP) is 5.57. The van der Waals surface area contributed by atoms with Gasteiger partial charge in [0.15, 0.2) is 0 Å². The third-order valence-corrected chi connectivity index (χ3v) is 5.58. The summed E-state index contributed by atoms with van der Waals surface area (Å²) in [6.45, 7) is 2.20. The Hall–Kier alpha value is -2.46. The molecule has 0 saturated heterocycles. The molecule has 138 valence electrons. The number of para-hydroxylation sites is 1. The second-order valence-corrected chi connectivity index (χ2v) is 7.17. The minimum atomic E-state index is -0.413. The van der Waals surface area contributed by atoms with Crippen LogP contribution in [0.1, 0.15) is 41.4 Å². The van der Waals surface area contributed by atoms with Crippen molar-refractivity contribution < 1.29 is 9.18 Å². The fraction of sp³-hybridized carbons (Fsp3) is 0.273. The van der Waals surface area contributed by atoms with Crippen LogP contribution in [-0.2, 0) is 12.8 Å². The summed E-state index contributed by atoms with van der Waals surface area (Å²) in [4.78, 5) is 19.3. The summed E-state index contributed by atoms with van der Waals surface area (Å²) in [6.07, 6.45) is 4.11. The van der Waals surface area contributed by atoms with Crippen LogP contribution in [0.15, 0.2) is 42.5 Å². The van der Waals surface area contributed by atoms with E-state index in [-0.39, 0.29) is 11.6 Å². The Labute approximate surface area is 162 Å². The van der Waals surface area contributed by atoms with Gasteiger partial charge in [0.2, 0.25) is 0 Å². The number of pyridine rings is 1. The third-order valence-electron chi connectivity index (χ3n) is 5.14. The normalized spacial score (nSPS) is 13.4. The molecule has 0 bridgehead atoms. The van der Waals surface area contributed by atoms with Crippen molar-refractivity contribution in [3.63, 3.8) is 0 Å². The number of aryl methyl sites for hydroxylation is 1.